The summed E-state index contributed by atoms with van der Waals surface area (Å²) in [5.74, 6) is 0.144. The Labute approximate surface area is 118 Å². The van der Waals surface area contributed by atoms with E-state index < -0.39 is 9.84 Å². The summed E-state index contributed by atoms with van der Waals surface area (Å²) in [5.41, 5.74) is 0.895. The van der Waals surface area contributed by atoms with Gasteiger partial charge in [0.25, 0.3) is 0 Å². The molecule has 1 rings (SSSR count). The third-order valence-electron chi connectivity index (χ3n) is 2.68. The molecule has 0 amide bonds. The highest BCUT2D eigenvalue weighted by atomic mass is 32.2. The maximum absolute atomic E-state index is 13.9. The van der Waals surface area contributed by atoms with E-state index in [0.717, 1.165) is 12.1 Å². The van der Waals surface area contributed by atoms with Crippen LogP contribution in [0.4, 0.5) is 4.39 Å². The van der Waals surface area contributed by atoms with Gasteiger partial charge >= 0.3 is 0 Å². The summed E-state index contributed by atoms with van der Waals surface area (Å²) in [6, 6.07) is 5.20. The Morgan fingerprint density at radius 3 is 2.63 bits per heavy atom. The molecule has 0 saturated carbocycles. The first kappa shape index (κ1) is 16.5. The molecule has 1 N–H and O–H groups in total. The molecule has 0 aliphatic rings. The number of rotatable bonds is 7. The van der Waals surface area contributed by atoms with Gasteiger partial charge < -0.3 is 5.32 Å². The van der Waals surface area contributed by atoms with Gasteiger partial charge in [-0.25, -0.2) is 12.8 Å². The third kappa shape index (κ3) is 5.93. The lowest BCUT2D eigenvalue weighted by Gasteiger charge is -2.13. The van der Waals surface area contributed by atoms with Crippen LogP contribution in [0.25, 0.3) is 0 Å². The fourth-order valence-electron chi connectivity index (χ4n) is 1.63. The SMILES string of the molecule is CCNC(C)c1ccc(SCCS(C)(=O)=O)c(F)c1. The Morgan fingerprint density at radius 2 is 2.11 bits per heavy atom. The summed E-state index contributed by atoms with van der Waals surface area (Å²) < 4.78 is 35.9. The quantitative estimate of drug-likeness (QED) is 0.787. The first-order valence-corrected chi connectivity index (χ1v) is 9.21. The molecular weight excluding hydrogens is 285 g/mol. The van der Waals surface area contributed by atoms with Crippen LogP contribution >= 0.6 is 11.8 Å². The third-order valence-corrected chi connectivity index (χ3v) is 4.93. The van der Waals surface area contributed by atoms with Crippen molar-refractivity contribution < 1.29 is 12.8 Å². The van der Waals surface area contributed by atoms with Crippen LogP contribution in [-0.2, 0) is 9.84 Å². The Balaban J connectivity index is 2.67. The molecule has 1 aromatic rings. The van der Waals surface area contributed by atoms with Crippen molar-refractivity contribution in [3.8, 4) is 0 Å². The number of thioether (sulfide) groups is 1. The summed E-state index contributed by atoms with van der Waals surface area (Å²) >= 11 is 1.23. The largest absolute Gasteiger partial charge is 0.310 e. The highest BCUT2D eigenvalue weighted by Crippen LogP contribution is 2.25. The predicted octanol–water partition coefficient (Wildman–Crippen LogP) is 2.63. The molecule has 0 bridgehead atoms. The second-order valence-electron chi connectivity index (χ2n) is 4.45. The number of sulfone groups is 1. The van der Waals surface area contributed by atoms with Crippen molar-refractivity contribution in [3.63, 3.8) is 0 Å². The van der Waals surface area contributed by atoms with E-state index >= 15 is 0 Å². The van der Waals surface area contributed by atoms with E-state index in [2.05, 4.69) is 5.32 Å². The highest BCUT2D eigenvalue weighted by molar-refractivity contribution is 8.00. The van der Waals surface area contributed by atoms with E-state index in [1.807, 2.05) is 19.9 Å². The van der Waals surface area contributed by atoms with Gasteiger partial charge in [-0.2, -0.15) is 0 Å². The number of halogens is 1. The van der Waals surface area contributed by atoms with E-state index in [-0.39, 0.29) is 17.6 Å². The van der Waals surface area contributed by atoms with Crippen LogP contribution in [0, 0.1) is 5.82 Å². The van der Waals surface area contributed by atoms with Crippen molar-refractivity contribution >= 4 is 21.6 Å². The molecule has 0 aromatic heterocycles. The normalized spacial score (nSPS) is 13.5. The minimum absolute atomic E-state index is 0.0622. The number of hydrogen-bond acceptors (Lipinski definition) is 4. The fraction of sp³-hybridized carbons (Fsp3) is 0.538. The van der Waals surface area contributed by atoms with Crippen LogP contribution in [0.1, 0.15) is 25.5 Å². The minimum atomic E-state index is -2.99. The monoisotopic (exact) mass is 305 g/mol. The molecule has 1 aromatic carbocycles. The van der Waals surface area contributed by atoms with Crippen LogP contribution in [0.15, 0.2) is 23.1 Å². The molecule has 1 atom stereocenters. The van der Waals surface area contributed by atoms with Gasteiger partial charge in [0.2, 0.25) is 0 Å². The Hall–Kier alpha value is -0.590. The summed E-state index contributed by atoms with van der Waals surface area (Å²) in [6.07, 6.45) is 1.19. The Kier molecular flexibility index (Phi) is 6.29. The maximum atomic E-state index is 13.9. The average molecular weight is 305 g/mol. The van der Waals surface area contributed by atoms with Gasteiger partial charge in [0.15, 0.2) is 0 Å². The Morgan fingerprint density at radius 1 is 1.42 bits per heavy atom. The van der Waals surface area contributed by atoms with E-state index in [1.54, 1.807) is 6.07 Å². The summed E-state index contributed by atoms with van der Waals surface area (Å²) in [4.78, 5) is 0.496. The average Bonchev–Trinajstić information content (AvgIpc) is 2.30. The predicted molar refractivity (Wildman–Crippen MR) is 78.9 cm³/mol. The highest BCUT2D eigenvalue weighted by Gasteiger charge is 2.10. The summed E-state index contributed by atoms with van der Waals surface area (Å²) in [7, 11) is -2.99. The van der Waals surface area contributed by atoms with E-state index in [0.29, 0.717) is 10.6 Å². The molecule has 0 spiro atoms. The van der Waals surface area contributed by atoms with Gasteiger partial charge in [-0.15, -0.1) is 11.8 Å². The maximum Gasteiger partial charge on any atom is 0.148 e. The molecule has 0 fully saturated rings. The molecule has 6 heteroatoms. The second-order valence-corrected chi connectivity index (χ2v) is 7.84. The van der Waals surface area contributed by atoms with Gasteiger partial charge in [-0.3, -0.25) is 0 Å². The van der Waals surface area contributed by atoms with Gasteiger partial charge in [0, 0.05) is 22.9 Å². The van der Waals surface area contributed by atoms with Gasteiger partial charge in [0.1, 0.15) is 15.7 Å². The zero-order valence-electron chi connectivity index (χ0n) is 11.4. The molecule has 0 radical (unpaired) electrons. The first-order valence-electron chi connectivity index (χ1n) is 6.17. The van der Waals surface area contributed by atoms with Crippen molar-refractivity contribution in [2.45, 2.75) is 24.8 Å². The van der Waals surface area contributed by atoms with Crippen LogP contribution in [0.5, 0.6) is 0 Å². The van der Waals surface area contributed by atoms with Crippen LogP contribution in [0.3, 0.4) is 0 Å². The lowest BCUT2D eigenvalue weighted by atomic mass is 10.1. The molecule has 0 heterocycles. The molecule has 108 valence electrons. The summed E-state index contributed by atoms with van der Waals surface area (Å²) in [5, 5.41) is 3.22. The van der Waals surface area contributed by atoms with Crippen LogP contribution in [0.2, 0.25) is 0 Å². The van der Waals surface area contributed by atoms with E-state index in [9.17, 15) is 12.8 Å². The minimum Gasteiger partial charge on any atom is -0.310 e. The fourth-order valence-corrected chi connectivity index (χ4v) is 3.76. The number of hydrogen-bond donors (Lipinski definition) is 1. The van der Waals surface area contributed by atoms with Crippen molar-refractivity contribution in [1.29, 1.82) is 0 Å². The van der Waals surface area contributed by atoms with Crippen molar-refractivity contribution in [1.82, 2.24) is 5.32 Å². The van der Waals surface area contributed by atoms with Gasteiger partial charge in [-0.05, 0) is 31.2 Å². The lowest BCUT2D eigenvalue weighted by molar-refractivity contribution is 0.572. The standard InChI is InChI=1S/C13H20FNO2S2/c1-4-15-10(2)11-5-6-13(12(14)9-11)18-7-8-19(3,16)17/h5-6,9-10,15H,4,7-8H2,1-3H3. The smallest absolute Gasteiger partial charge is 0.148 e. The molecule has 0 aliphatic carbocycles. The van der Waals surface area contributed by atoms with Gasteiger partial charge in [0.05, 0.1) is 5.75 Å². The molecule has 0 aliphatic heterocycles. The second kappa shape index (κ2) is 7.26. The topological polar surface area (TPSA) is 46.2 Å². The first-order chi connectivity index (χ1) is 8.83. The molecule has 19 heavy (non-hydrogen) atoms. The number of nitrogens with one attached hydrogen (secondary N) is 1. The van der Waals surface area contributed by atoms with E-state index in [1.165, 1.54) is 24.1 Å². The molecular formula is C13H20FNO2S2. The van der Waals surface area contributed by atoms with Crippen LogP contribution < -0.4 is 5.32 Å². The molecule has 3 nitrogen and oxygen atoms in total. The molecule has 0 saturated heterocycles. The van der Waals surface area contributed by atoms with Gasteiger partial charge in [-0.1, -0.05) is 13.0 Å². The zero-order chi connectivity index (χ0) is 14.5. The molecule has 1 unspecified atom stereocenters. The summed E-state index contributed by atoms with van der Waals surface area (Å²) in [6.45, 7) is 4.81. The zero-order valence-corrected chi connectivity index (χ0v) is 13.1. The number of benzene rings is 1. The van der Waals surface area contributed by atoms with Crippen molar-refractivity contribution in [3.05, 3.63) is 29.6 Å². The van der Waals surface area contributed by atoms with Crippen LogP contribution in [-0.4, -0.2) is 32.7 Å². The Bertz CT molecular complexity index is 517. The van der Waals surface area contributed by atoms with E-state index in [4.69, 9.17) is 0 Å². The lowest BCUT2D eigenvalue weighted by Crippen LogP contribution is -2.17. The van der Waals surface area contributed by atoms with Crippen molar-refractivity contribution in [2.24, 2.45) is 0 Å². The van der Waals surface area contributed by atoms with Crippen molar-refractivity contribution in [2.75, 3.05) is 24.3 Å².